The molecule has 0 saturated heterocycles. The second-order valence-corrected chi connectivity index (χ2v) is 13.6. The van der Waals surface area contributed by atoms with Gasteiger partial charge >= 0.3 is 0 Å². The summed E-state index contributed by atoms with van der Waals surface area (Å²) in [4.78, 5) is 0. The SMILES string of the molecule is c1ccc2c(c1)ccc1oc3ccc(-c4ccc5ccc6c(-c7ccc8oc9ccc%10ccccc%10c9c8c7)ccc7ccc4c5c76)cc3c12. The van der Waals surface area contributed by atoms with Crippen LogP contribution in [0.25, 0.3) is 120 Å². The average Bonchev–Trinajstić information content (AvgIpc) is 3.75. The molecule has 10 aromatic carbocycles. The van der Waals surface area contributed by atoms with Gasteiger partial charge in [-0.25, -0.2) is 0 Å². The molecule has 0 atom stereocenters. The van der Waals surface area contributed by atoms with Gasteiger partial charge < -0.3 is 8.83 Å². The predicted octanol–water partition coefficient (Wildman–Crippen LogP) is 14.0. The van der Waals surface area contributed by atoms with Crippen molar-refractivity contribution >= 4 is 97.7 Å². The quantitative estimate of drug-likeness (QED) is 0.177. The zero-order valence-electron chi connectivity index (χ0n) is 26.8. The second kappa shape index (κ2) is 9.49. The van der Waals surface area contributed by atoms with Crippen LogP contribution in [0.15, 0.2) is 167 Å². The number of hydrogen-bond donors (Lipinski definition) is 0. The van der Waals surface area contributed by atoms with E-state index in [0.717, 1.165) is 33.1 Å². The molecule has 2 heterocycles. The Kier molecular flexibility index (Phi) is 5.00. The fourth-order valence-electron chi connectivity index (χ4n) is 8.73. The first-order valence-electron chi connectivity index (χ1n) is 17.2. The molecule has 50 heavy (non-hydrogen) atoms. The van der Waals surface area contributed by atoms with Crippen LogP contribution < -0.4 is 0 Å². The van der Waals surface area contributed by atoms with E-state index in [9.17, 15) is 0 Å². The van der Waals surface area contributed by atoms with Crippen LogP contribution in [0, 0.1) is 0 Å². The molecule has 0 radical (unpaired) electrons. The van der Waals surface area contributed by atoms with Gasteiger partial charge in [-0.1, -0.05) is 121 Å². The fourth-order valence-corrected chi connectivity index (χ4v) is 8.73. The van der Waals surface area contributed by atoms with Crippen molar-refractivity contribution in [2.45, 2.75) is 0 Å². The van der Waals surface area contributed by atoms with Crippen molar-refractivity contribution in [1.29, 1.82) is 0 Å². The Morgan fingerprint density at radius 3 is 1.18 bits per heavy atom. The molecule has 0 saturated carbocycles. The van der Waals surface area contributed by atoms with Crippen LogP contribution in [0.2, 0.25) is 0 Å². The van der Waals surface area contributed by atoms with Gasteiger partial charge in [-0.15, -0.1) is 0 Å². The Balaban J connectivity index is 1.09. The number of rotatable bonds is 2. The monoisotopic (exact) mass is 634 g/mol. The summed E-state index contributed by atoms with van der Waals surface area (Å²) in [7, 11) is 0. The molecule has 0 N–H and O–H groups in total. The summed E-state index contributed by atoms with van der Waals surface area (Å²) in [5, 5.41) is 17.2. The van der Waals surface area contributed by atoms with Gasteiger partial charge in [0, 0.05) is 21.5 Å². The van der Waals surface area contributed by atoms with Crippen molar-refractivity contribution in [3.8, 4) is 22.3 Å². The molecule has 0 spiro atoms. The molecular weight excluding hydrogens is 609 g/mol. The Morgan fingerprint density at radius 2 is 0.680 bits per heavy atom. The number of fused-ring (bicyclic) bond motifs is 10. The van der Waals surface area contributed by atoms with Gasteiger partial charge in [0.1, 0.15) is 22.3 Å². The normalized spacial score (nSPS) is 12.4. The van der Waals surface area contributed by atoms with Crippen molar-refractivity contribution in [2.24, 2.45) is 0 Å². The predicted molar refractivity (Wildman–Crippen MR) is 211 cm³/mol. The largest absolute Gasteiger partial charge is 0.456 e. The third-order valence-electron chi connectivity index (χ3n) is 11.0. The highest BCUT2D eigenvalue weighted by molar-refractivity contribution is 6.28. The van der Waals surface area contributed by atoms with Gasteiger partial charge in [0.15, 0.2) is 0 Å². The topological polar surface area (TPSA) is 26.3 Å². The van der Waals surface area contributed by atoms with Crippen LogP contribution in [0.5, 0.6) is 0 Å². The maximum absolute atomic E-state index is 6.35. The van der Waals surface area contributed by atoms with E-state index >= 15 is 0 Å². The Morgan fingerprint density at radius 1 is 0.260 bits per heavy atom. The lowest BCUT2D eigenvalue weighted by atomic mass is 9.87. The van der Waals surface area contributed by atoms with Crippen LogP contribution in [0.4, 0.5) is 0 Å². The lowest BCUT2D eigenvalue weighted by Gasteiger charge is -2.16. The van der Waals surface area contributed by atoms with Crippen molar-refractivity contribution < 1.29 is 8.83 Å². The molecule has 0 aliphatic heterocycles. The number of furan rings is 2. The first kappa shape index (κ1) is 26.3. The Labute approximate surface area is 285 Å². The standard InChI is InChI=1S/C48H26O2/c1-3-7-35-27(5-1)13-23-43-47(35)39-25-31(15-21-41(39)49-43)33-17-9-29-12-20-38-34(18-10-30-11-19-37(33)45(29)46(30)38)32-16-22-42-40(26-32)48-36-8-4-2-6-28(36)14-24-44(48)50-42/h1-26H. The maximum Gasteiger partial charge on any atom is 0.136 e. The van der Waals surface area contributed by atoms with Crippen molar-refractivity contribution in [3.05, 3.63) is 158 Å². The van der Waals surface area contributed by atoms with Crippen molar-refractivity contribution in [3.63, 3.8) is 0 Å². The van der Waals surface area contributed by atoms with Crippen LogP contribution >= 0.6 is 0 Å². The van der Waals surface area contributed by atoms with E-state index in [1.165, 1.54) is 86.9 Å². The minimum absolute atomic E-state index is 0.915. The highest BCUT2D eigenvalue weighted by Crippen LogP contribution is 2.45. The third kappa shape index (κ3) is 3.47. The van der Waals surface area contributed by atoms with Gasteiger partial charge in [-0.2, -0.15) is 0 Å². The highest BCUT2D eigenvalue weighted by atomic mass is 16.3. The lowest BCUT2D eigenvalue weighted by molar-refractivity contribution is 0.669. The molecule has 0 aliphatic rings. The van der Waals surface area contributed by atoms with E-state index in [-0.39, 0.29) is 0 Å². The highest BCUT2D eigenvalue weighted by Gasteiger charge is 2.18. The second-order valence-electron chi connectivity index (χ2n) is 13.6. The molecule has 12 rings (SSSR count). The summed E-state index contributed by atoms with van der Waals surface area (Å²) in [6.07, 6.45) is 0. The minimum atomic E-state index is 0.915. The molecule has 2 heteroatoms. The molecule has 12 aromatic rings. The van der Waals surface area contributed by atoms with Crippen LogP contribution in [0.3, 0.4) is 0 Å². The minimum Gasteiger partial charge on any atom is -0.456 e. The molecule has 0 fully saturated rings. The van der Waals surface area contributed by atoms with Crippen LogP contribution in [0.1, 0.15) is 0 Å². The van der Waals surface area contributed by atoms with Gasteiger partial charge in [0.25, 0.3) is 0 Å². The number of benzene rings is 10. The third-order valence-corrected chi connectivity index (χ3v) is 11.0. The van der Waals surface area contributed by atoms with E-state index < -0.39 is 0 Å². The smallest absolute Gasteiger partial charge is 0.136 e. The van der Waals surface area contributed by atoms with Crippen molar-refractivity contribution in [1.82, 2.24) is 0 Å². The zero-order chi connectivity index (χ0) is 32.5. The molecular formula is C48H26O2. The number of hydrogen-bond acceptors (Lipinski definition) is 2. The summed E-state index contributed by atoms with van der Waals surface area (Å²) in [6.45, 7) is 0. The molecule has 230 valence electrons. The van der Waals surface area contributed by atoms with E-state index in [1.807, 2.05) is 0 Å². The van der Waals surface area contributed by atoms with E-state index in [2.05, 4.69) is 158 Å². The van der Waals surface area contributed by atoms with E-state index in [1.54, 1.807) is 0 Å². The summed E-state index contributed by atoms with van der Waals surface area (Å²) >= 11 is 0. The Bertz CT molecular complexity index is 3150. The molecule has 2 aromatic heterocycles. The van der Waals surface area contributed by atoms with Crippen LogP contribution in [-0.4, -0.2) is 0 Å². The van der Waals surface area contributed by atoms with E-state index in [0.29, 0.717) is 0 Å². The van der Waals surface area contributed by atoms with Gasteiger partial charge in [-0.05, 0) is 113 Å². The van der Waals surface area contributed by atoms with Gasteiger partial charge in [-0.3, -0.25) is 0 Å². The first-order valence-corrected chi connectivity index (χ1v) is 17.2. The molecule has 0 amide bonds. The molecule has 0 unspecified atom stereocenters. The average molecular weight is 635 g/mol. The maximum atomic E-state index is 6.35. The molecule has 0 bridgehead atoms. The van der Waals surface area contributed by atoms with Gasteiger partial charge in [0.05, 0.1) is 0 Å². The van der Waals surface area contributed by atoms with E-state index in [4.69, 9.17) is 8.83 Å². The summed E-state index contributed by atoms with van der Waals surface area (Å²) in [5.41, 5.74) is 8.52. The summed E-state index contributed by atoms with van der Waals surface area (Å²) in [6, 6.07) is 57.3. The van der Waals surface area contributed by atoms with Gasteiger partial charge in [0.2, 0.25) is 0 Å². The zero-order valence-corrected chi connectivity index (χ0v) is 26.8. The van der Waals surface area contributed by atoms with Crippen LogP contribution in [-0.2, 0) is 0 Å². The molecule has 2 nitrogen and oxygen atoms in total. The molecule has 0 aliphatic carbocycles. The lowest BCUT2D eigenvalue weighted by Crippen LogP contribution is -1.89. The Hall–Kier alpha value is -6.64. The summed E-state index contributed by atoms with van der Waals surface area (Å²) < 4.78 is 12.7. The fraction of sp³-hybridized carbons (Fsp3) is 0. The first-order chi connectivity index (χ1) is 24.8. The summed E-state index contributed by atoms with van der Waals surface area (Å²) in [5.74, 6) is 0. The van der Waals surface area contributed by atoms with Crippen molar-refractivity contribution in [2.75, 3.05) is 0 Å².